The van der Waals surface area contributed by atoms with Crippen molar-refractivity contribution in [2.45, 2.75) is 25.9 Å². The summed E-state index contributed by atoms with van der Waals surface area (Å²) in [4.78, 5) is 23.1. The van der Waals surface area contributed by atoms with Crippen molar-refractivity contribution in [3.8, 4) is 5.88 Å². The van der Waals surface area contributed by atoms with Gasteiger partial charge in [0, 0.05) is 42.3 Å². The second kappa shape index (κ2) is 11.4. The molecule has 190 valence electrons. The molecule has 0 bridgehead atoms. The van der Waals surface area contributed by atoms with Crippen LogP contribution in [0.3, 0.4) is 0 Å². The van der Waals surface area contributed by atoms with Gasteiger partial charge in [0.15, 0.2) is 5.88 Å². The molecular formula is C30H32N4O3. The molecule has 2 heterocycles. The number of H-pyrrole nitrogens is 1. The number of benzene rings is 3. The Morgan fingerprint density at radius 2 is 1.92 bits per heavy atom. The summed E-state index contributed by atoms with van der Waals surface area (Å²) in [6, 6.07) is 23.4. The van der Waals surface area contributed by atoms with Gasteiger partial charge in [-0.05, 0) is 47.9 Å². The fourth-order valence-electron chi connectivity index (χ4n) is 4.71. The van der Waals surface area contributed by atoms with Gasteiger partial charge in [0.25, 0.3) is 5.91 Å². The van der Waals surface area contributed by atoms with Crippen LogP contribution in [0.5, 0.6) is 5.88 Å². The smallest absolute Gasteiger partial charge is 0.251 e. The first-order valence-corrected chi connectivity index (χ1v) is 12.7. The largest absolute Gasteiger partial charge is 0.494 e. The first-order chi connectivity index (χ1) is 18.1. The van der Waals surface area contributed by atoms with Crippen LogP contribution < -0.4 is 5.32 Å². The first-order valence-electron chi connectivity index (χ1n) is 12.7. The third-order valence-electron chi connectivity index (χ3n) is 6.76. The molecule has 1 aromatic heterocycles. The van der Waals surface area contributed by atoms with Crippen molar-refractivity contribution in [3.63, 3.8) is 0 Å². The van der Waals surface area contributed by atoms with E-state index in [-0.39, 0.29) is 17.8 Å². The summed E-state index contributed by atoms with van der Waals surface area (Å²) in [5, 5.41) is 14.5. The van der Waals surface area contributed by atoms with E-state index in [2.05, 4.69) is 39.2 Å². The molecule has 0 saturated carbocycles. The van der Waals surface area contributed by atoms with Gasteiger partial charge in [-0.25, -0.2) is 0 Å². The number of amides is 1. The van der Waals surface area contributed by atoms with Crippen LogP contribution in [0.2, 0.25) is 0 Å². The summed E-state index contributed by atoms with van der Waals surface area (Å²) in [6.45, 7) is 6.29. The number of hydrogen-bond donors (Lipinski definition) is 3. The molecule has 1 amide bonds. The number of nitrogens with zero attached hydrogens (tertiary/aromatic N) is 2. The van der Waals surface area contributed by atoms with Crippen molar-refractivity contribution < 1.29 is 14.6 Å². The van der Waals surface area contributed by atoms with Crippen LogP contribution in [0.4, 0.5) is 5.69 Å². The lowest BCUT2D eigenvalue weighted by Crippen LogP contribution is -2.35. The minimum absolute atomic E-state index is 0.0245. The molecule has 0 radical (unpaired) electrons. The molecule has 1 atom stereocenters. The molecule has 1 fully saturated rings. The Bertz CT molecular complexity index is 1390. The van der Waals surface area contributed by atoms with Gasteiger partial charge in [0.2, 0.25) is 0 Å². The number of nitrogens with one attached hydrogen (secondary N) is 2. The number of fused-ring (bicyclic) bond motifs is 1. The minimum Gasteiger partial charge on any atom is -0.494 e. The standard InChI is InChI=1S/C30H32N4O3/c1-2-27(22-8-4-3-5-9-22)32-29(35)23-11-12-28-25(18-23)26(30(36)33-28)19-31-24-10-6-7-21(17-24)20-34-13-15-37-16-14-34/h3-12,17-19,27,33,36H,2,13-16,20H2,1H3,(H,32,35)/t27-/m0/s1. The van der Waals surface area contributed by atoms with Crippen LogP contribution in [0.15, 0.2) is 77.8 Å². The first kappa shape index (κ1) is 24.7. The number of morpholine rings is 1. The predicted octanol–water partition coefficient (Wildman–Crippen LogP) is 5.34. The second-order valence-electron chi connectivity index (χ2n) is 9.31. The van der Waals surface area contributed by atoms with E-state index in [0.29, 0.717) is 11.1 Å². The average Bonchev–Trinajstić information content (AvgIpc) is 3.25. The lowest BCUT2D eigenvalue weighted by Gasteiger charge is -2.26. The summed E-state index contributed by atoms with van der Waals surface area (Å²) in [6.07, 6.45) is 2.44. The van der Waals surface area contributed by atoms with E-state index in [9.17, 15) is 9.90 Å². The van der Waals surface area contributed by atoms with Crippen LogP contribution in [0.1, 0.15) is 46.4 Å². The van der Waals surface area contributed by atoms with Gasteiger partial charge in [0.1, 0.15) is 0 Å². The Balaban J connectivity index is 1.35. The van der Waals surface area contributed by atoms with E-state index >= 15 is 0 Å². The third kappa shape index (κ3) is 5.90. The molecule has 0 spiro atoms. The number of carbonyl (C=O) groups excluding carboxylic acids is 1. The Labute approximate surface area is 216 Å². The van der Waals surface area contributed by atoms with Gasteiger partial charge in [-0.2, -0.15) is 0 Å². The van der Waals surface area contributed by atoms with Crippen molar-refractivity contribution in [1.82, 2.24) is 15.2 Å². The van der Waals surface area contributed by atoms with Gasteiger partial charge in [0.05, 0.1) is 30.5 Å². The highest BCUT2D eigenvalue weighted by Gasteiger charge is 2.17. The normalized spacial score (nSPS) is 15.3. The zero-order chi connectivity index (χ0) is 25.6. The number of rotatable bonds is 8. The van der Waals surface area contributed by atoms with Gasteiger partial charge < -0.3 is 20.1 Å². The number of aromatic amines is 1. The molecule has 0 unspecified atom stereocenters. The van der Waals surface area contributed by atoms with Crippen LogP contribution in [0.25, 0.3) is 10.9 Å². The summed E-state index contributed by atoms with van der Waals surface area (Å²) in [5.41, 5.74) is 4.89. The quantitative estimate of drug-likeness (QED) is 0.287. The SMILES string of the molecule is CC[C@H](NC(=O)c1ccc2[nH]c(O)c(C=Nc3cccc(CN4CCOCC4)c3)c2c1)c1ccccc1. The summed E-state index contributed by atoms with van der Waals surface area (Å²) < 4.78 is 5.44. The fourth-order valence-corrected chi connectivity index (χ4v) is 4.71. The number of ether oxygens (including phenoxy) is 1. The number of aromatic nitrogens is 1. The monoisotopic (exact) mass is 496 g/mol. The average molecular weight is 497 g/mol. The predicted molar refractivity (Wildman–Crippen MR) is 147 cm³/mol. The van der Waals surface area contributed by atoms with Crippen molar-refractivity contribution in [3.05, 3.63) is 95.1 Å². The molecule has 3 aromatic carbocycles. The molecule has 7 heteroatoms. The highest BCUT2D eigenvalue weighted by molar-refractivity contribution is 6.06. The molecule has 1 saturated heterocycles. The molecule has 4 aromatic rings. The highest BCUT2D eigenvalue weighted by atomic mass is 16.5. The van der Waals surface area contributed by atoms with E-state index in [4.69, 9.17) is 4.74 Å². The molecular weight excluding hydrogens is 464 g/mol. The molecule has 7 nitrogen and oxygen atoms in total. The van der Waals surface area contributed by atoms with E-state index in [1.54, 1.807) is 18.3 Å². The van der Waals surface area contributed by atoms with Crippen LogP contribution in [0, 0.1) is 0 Å². The summed E-state index contributed by atoms with van der Waals surface area (Å²) in [5.74, 6) is -0.131. The van der Waals surface area contributed by atoms with E-state index in [1.165, 1.54) is 5.56 Å². The number of aromatic hydroxyl groups is 1. The van der Waals surface area contributed by atoms with Crippen LogP contribution in [-0.2, 0) is 11.3 Å². The molecule has 0 aliphatic carbocycles. The topological polar surface area (TPSA) is 90.0 Å². The second-order valence-corrected chi connectivity index (χ2v) is 9.31. The van der Waals surface area contributed by atoms with Crippen LogP contribution in [-0.4, -0.2) is 53.4 Å². The van der Waals surface area contributed by atoms with Gasteiger partial charge >= 0.3 is 0 Å². The van der Waals surface area contributed by atoms with E-state index < -0.39 is 0 Å². The zero-order valence-electron chi connectivity index (χ0n) is 21.0. The maximum atomic E-state index is 13.1. The Morgan fingerprint density at radius 3 is 2.70 bits per heavy atom. The summed E-state index contributed by atoms with van der Waals surface area (Å²) >= 11 is 0. The Hall–Kier alpha value is -3.94. The Kier molecular flexibility index (Phi) is 7.63. The molecule has 1 aliphatic heterocycles. The number of hydrogen-bond acceptors (Lipinski definition) is 5. The van der Waals surface area contributed by atoms with Gasteiger partial charge in [-0.1, -0.05) is 49.4 Å². The van der Waals surface area contributed by atoms with E-state index in [1.807, 2.05) is 48.5 Å². The maximum absolute atomic E-state index is 13.1. The lowest BCUT2D eigenvalue weighted by molar-refractivity contribution is 0.0342. The summed E-state index contributed by atoms with van der Waals surface area (Å²) in [7, 11) is 0. The molecule has 5 rings (SSSR count). The fraction of sp³-hybridized carbons (Fsp3) is 0.267. The molecule has 3 N–H and O–H groups in total. The van der Waals surface area contributed by atoms with Crippen molar-refractivity contribution in [2.75, 3.05) is 26.3 Å². The van der Waals surface area contributed by atoms with Gasteiger partial charge in [-0.15, -0.1) is 0 Å². The molecule has 37 heavy (non-hydrogen) atoms. The van der Waals surface area contributed by atoms with Crippen molar-refractivity contribution in [2.24, 2.45) is 4.99 Å². The van der Waals surface area contributed by atoms with E-state index in [0.717, 1.165) is 61.4 Å². The number of aliphatic imine (C=N–C) groups is 1. The maximum Gasteiger partial charge on any atom is 0.251 e. The molecule has 1 aliphatic rings. The van der Waals surface area contributed by atoms with Crippen LogP contribution >= 0.6 is 0 Å². The minimum atomic E-state index is -0.156. The van der Waals surface area contributed by atoms with Crippen molar-refractivity contribution in [1.29, 1.82) is 0 Å². The van der Waals surface area contributed by atoms with Crippen molar-refractivity contribution >= 4 is 28.7 Å². The number of carbonyl (C=O) groups is 1. The highest BCUT2D eigenvalue weighted by Crippen LogP contribution is 2.28. The third-order valence-corrected chi connectivity index (χ3v) is 6.76. The zero-order valence-corrected chi connectivity index (χ0v) is 21.0. The van der Waals surface area contributed by atoms with Gasteiger partial charge in [-0.3, -0.25) is 14.7 Å². The Morgan fingerprint density at radius 1 is 1.11 bits per heavy atom. The lowest BCUT2D eigenvalue weighted by atomic mass is 10.0.